The third-order valence-electron chi connectivity index (χ3n) is 2.54. The molecular formula is C10H14ClN5O4S. The SMILES string of the molecule is CNCCNS(=O)(=O)c1cnc2[nH]c(=O)[nH]c(=O)c2c1.Cl. The van der Waals surface area contributed by atoms with Crippen LogP contribution in [-0.2, 0) is 10.0 Å². The van der Waals surface area contributed by atoms with Gasteiger partial charge in [-0.15, -0.1) is 12.4 Å². The predicted octanol–water partition coefficient (Wildman–Crippen LogP) is -1.47. The maximum Gasteiger partial charge on any atom is 0.327 e. The van der Waals surface area contributed by atoms with Crippen LogP contribution >= 0.6 is 12.4 Å². The van der Waals surface area contributed by atoms with Crippen molar-refractivity contribution in [2.75, 3.05) is 20.1 Å². The van der Waals surface area contributed by atoms with Crippen LogP contribution in [0.15, 0.2) is 26.7 Å². The summed E-state index contributed by atoms with van der Waals surface area (Å²) in [5, 5.41) is 2.80. The highest BCUT2D eigenvalue weighted by molar-refractivity contribution is 7.89. The Labute approximate surface area is 125 Å². The van der Waals surface area contributed by atoms with Gasteiger partial charge in [-0.2, -0.15) is 0 Å². The molecule has 0 aromatic carbocycles. The van der Waals surface area contributed by atoms with Gasteiger partial charge in [-0.25, -0.2) is 22.9 Å². The Morgan fingerprint density at radius 1 is 1.24 bits per heavy atom. The molecule has 21 heavy (non-hydrogen) atoms. The van der Waals surface area contributed by atoms with Gasteiger partial charge in [0.2, 0.25) is 10.0 Å². The third-order valence-corrected chi connectivity index (χ3v) is 3.97. The Bertz CT molecular complexity index is 844. The van der Waals surface area contributed by atoms with Crippen molar-refractivity contribution in [3.63, 3.8) is 0 Å². The highest BCUT2D eigenvalue weighted by atomic mass is 35.5. The van der Waals surface area contributed by atoms with E-state index in [1.165, 1.54) is 6.07 Å². The Morgan fingerprint density at radius 3 is 2.62 bits per heavy atom. The second kappa shape index (κ2) is 6.80. The normalized spacial score (nSPS) is 11.3. The first kappa shape index (κ1) is 17.3. The van der Waals surface area contributed by atoms with Crippen LogP contribution in [0.5, 0.6) is 0 Å². The molecule has 0 aliphatic heterocycles. The largest absolute Gasteiger partial charge is 0.327 e. The summed E-state index contributed by atoms with van der Waals surface area (Å²) in [7, 11) is -2.05. The van der Waals surface area contributed by atoms with Crippen LogP contribution in [0.2, 0.25) is 0 Å². The standard InChI is InChI=1S/C10H13N5O4S.ClH/c1-11-2-3-13-20(18,19)6-4-7-8(12-5-6)14-10(17)15-9(7)16;/h4-5,11,13H,2-3H2,1H3,(H2,12,14,15,16,17);1H. The molecule has 0 aliphatic rings. The summed E-state index contributed by atoms with van der Waals surface area (Å²) in [6, 6.07) is 1.17. The van der Waals surface area contributed by atoms with Crippen molar-refractivity contribution in [2.24, 2.45) is 0 Å². The highest BCUT2D eigenvalue weighted by Crippen LogP contribution is 2.10. The molecule has 116 valence electrons. The number of fused-ring (bicyclic) bond motifs is 1. The van der Waals surface area contributed by atoms with E-state index in [1.807, 2.05) is 4.98 Å². The van der Waals surface area contributed by atoms with Crippen LogP contribution in [0.25, 0.3) is 11.0 Å². The topological polar surface area (TPSA) is 137 Å². The lowest BCUT2D eigenvalue weighted by Gasteiger charge is -2.06. The fraction of sp³-hybridized carbons (Fsp3) is 0.300. The number of hydrogen-bond donors (Lipinski definition) is 4. The minimum Gasteiger partial charge on any atom is -0.318 e. The van der Waals surface area contributed by atoms with Crippen molar-refractivity contribution in [3.8, 4) is 0 Å². The molecule has 0 saturated heterocycles. The van der Waals surface area contributed by atoms with Crippen molar-refractivity contribution in [2.45, 2.75) is 4.90 Å². The molecular weight excluding hydrogens is 322 g/mol. The second-order valence-electron chi connectivity index (χ2n) is 3.98. The van der Waals surface area contributed by atoms with Crippen LogP contribution in [0.4, 0.5) is 0 Å². The van der Waals surface area contributed by atoms with E-state index in [9.17, 15) is 18.0 Å². The average Bonchev–Trinajstić information content (AvgIpc) is 2.38. The van der Waals surface area contributed by atoms with E-state index < -0.39 is 21.3 Å². The van der Waals surface area contributed by atoms with Crippen molar-refractivity contribution in [1.29, 1.82) is 0 Å². The summed E-state index contributed by atoms with van der Waals surface area (Å²) in [4.78, 5) is 30.6. The molecule has 0 saturated carbocycles. The van der Waals surface area contributed by atoms with E-state index in [-0.39, 0.29) is 34.9 Å². The fourth-order valence-electron chi connectivity index (χ4n) is 1.57. The molecule has 9 nitrogen and oxygen atoms in total. The number of aromatic amines is 2. The molecule has 2 aromatic heterocycles. The van der Waals surface area contributed by atoms with Crippen LogP contribution < -0.4 is 21.3 Å². The minimum absolute atomic E-state index is 0. The Hall–Kier alpha value is -1.75. The Morgan fingerprint density at radius 2 is 1.95 bits per heavy atom. The molecule has 0 fully saturated rings. The van der Waals surface area contributed by atoms with Gasteiger partial charge in [-0.05, 0) is 13.1 Å². The highest BCUT2D eigenvalue weighted by Gasteiger charge is 2.15. The van der Waals surface area contributed by atoms with E-state index in [2.05, 4.69) is 20.0 Å². The van der Waals surface area contributed by atoms with Crippen LogP contribution in [0, 0.1) is 0 Å². The van der Waals surface area contributed by atoms with E-state index in [0.29, 0.717) is 6.54 Å². The average molecular weight is 336 g/mol. The number of pyridine rings is 1. The van der Waals surface area contributed by atoms with E-state index >= 15 is 0 Å². The van der Waals surface area contributed by atoms with Gasteiger partial charge in [-0.1, -0.05) is 0 Å². The van der Waals surface area contributed by atoms with Crippen molar-refractivity contribution in [3.05, 3.63) is 33.1 Å². The molecule has 0 unspecified atom stereocenters. The summed E-state index contributed by atoms with van der Waals surface area (Å²) in [6.45, 7) is 0.674. The van der Waals surface area contributed by atoms with Crippen LogP contribution in [-0.4, -0.2) is 43.5 Å². The first-order chi connectivity index (χ1) is 9.44. The molecule has 0 aliphatic carbocycles. The molecule has 0 amide bonds. The number of aromatic nitrogens is 3. The second-order valence-corrected chi connectivity index (χ2v) is 5.74. The van der Waals surface area contributed by atoms with Gasteiger partial charge in [0.15, 0.2) is 0 Å². The minimum atomic E-state index is -3.75. The van der Waals surface area contributed by atoms with Crippen LogP contribution in [0.3, 0.4) is 0 Å². The molecule has 0 spiro atoms. The fourth-order valence-corrected chi connectivity index (χ4v) is 2.57. The number of likely N-dealkylation sites (N-methyl/N-ethyl adjacent to an activating group) is 1. The summed E-state index contributed by atoms with van der Waals surface area (Å²) in [5.41, 5.74) is -1.35. The summed E-state index contributed by atoms with van der Waals surface area (Å²) in [6.07, 6.45) is 1.08. The molecule has 0 radical (unpaired) electrons. The number of nitrogens with one attached hydrogen (secondary N) is 4. The number of nitrogens with zero attached hydrogens (tertiary/aromatic N) is 1. The molecule has 0 atom stereocenters. The van der Waals surface area contributed by atoms with Gasteiger partial charge in [0.05, 0.1) is 5.39 Å². The Kier molecular flexibility index (Phi) is 5.61. The number of hydrogen-bond acceptors (Lipinski definition) is 6. The van der Waals surface area contributed by atoms with Crippen molar-refractivity contribution >= 4 is 33.5 Å². The van der Waals surface area contributed by atoms with Gasteiger partial charge in [-0.3, -0.25) is 14.8 Å². The maximum atomic E-state index is 12.0. The number of sulfonamides is 1. The van der Waals surface area contributed by atoms with Gasteiger partial charge in [0, 0.05) is 19.3 Å². The first-order valence-electron chi connectivity index (χ1n) is 5.70. The number of halogens is 1. The Balaban J connectivity index is 0.00000220. The zero-order valence-electron chi connectivity index (χ0n) is 11.0. The zero-order valence-corrected chi connectivity index (χ0v) is 12.6. The van der Waals surface area contributed by atoms with Gasteiger partial charge < -0.3 is 5.32 Å². The van der Waals surface area contributed by atoms with Crippen molar-refractivity contribution < 1.29 is 8.42 Å². The summed E-state index contributed by atoms with van der Waals surface area (Å²) < 4.78 is 26.3. The maximum absolute atomic E-state index is 12.0. The molecule has 4 N–H and O–H groups in total. The monoisotopic (exact) mass is 335 g/mol. The third kappa shape index (κ3) is 3.88. The molecule has 2 heterocycles. The zero-order chi connectivity index (χ0) is 14.8. The predicted molar refractivity (Wildman–Crippen MR) is 79.3 cm³/mol. The summed E-state index contributed by atoms with van der Waals surface area (Å²) in [5.74, 6) is 0. The smallest absolute Gasteiger partial charge is 0.318 e. The first-order valence-corrected chi connectivity index (χ1v) is 7.19. The molecule has 2 rings (SSSR count). The van der Waals surface area contributed by atoms with E-state index in [0.717, 1.165) is 6.20 Å². The summed E-state index contributed by atoms with van der Waals surface area (Å²) >= 11 is 0. The molecule has 0 bridgehead atoms. The number of rotatable bonds is 5. The lowest BCUT2D eigenvalue weighted by Crippen LogP contribution is -2.31. The lowest BCUT2D eigenvalue weighted by atomic mass is 10.3. The van der Waals surface area contributed by atoms with E-state index in [4.69, 9.17) is 0 Å². The van der Waals surface area contributed by atoms with Crippen LogP contribution in [0.1, 0.15) is 0 Å². The van der Waals surface area contributed by atoms with Gasteiger partial charge in [0.25, 0.3) is 5.56 Å². The van der Waals surface area contributed by atoms with Gasteiger partial charge in [0.1, 0.15) is 10.5 Å². The van der Waals surface area contributed by atoms with Gasteiger partial charge >= 0.3 is 5.69 Å². The molecule has 2 aromatic rings. The number of H-pyrrole nitrogens is 2. The molecule has 11 heteroatoms. The van der Waals surface area contributed by atoms with E-state index in [1.54, 1.807) is 7.05 Å². The quantitative estimate of drug-likeness (QED) is 0.492. The van der Waals surface area contributed by atoms with Crippen molar-refractivity contribution in [1.82, 2.24) is 25.0 Å². The lowest BCUT2D eigenvalue weighted by molar-refractivity contribution is 0.579.